The summed E-state index contributed by atoms with van der Waals surface area (Å²) in [5.74, 6) is 0. The van der Waals surface area contributed by atoms with E-state index in [2.05, 4.69) is 74.3 Å². The predicted molar refractivity (Wildman–Crippen MR) is 74.5 cm³/mol. The SMILES string of the molecule is Cc1cc(C)cc(N(C)Cc2ccccc2)c1. The highest BCUT2D eigenvalue weighted by Crippen LogP contribution is 2.19. The second kappa shape index (κ2) is 5.05. The van der Waals surface area contributed by atoms with Gasteiger partial charge in [0.1, 0.15) is 0 Å². The van der Waals surface area contributed by atoms with E-state index in [0.717, 1.165) is 6.54 Å². The Morgan fingerprint density at radius 1 is 0.882 bits per heavy atom. The standard InChI is InChI=1S/C16H19N/c1-13-9-14(2)11-16(10-13)17(3)12-15-7-5-4-6-8-15/h4-11H,12H2,1-3H3. The van der Waals surface area contributed by atoms with Gasteiger partial charge in [0.2, 0.25) is 0 Å². The summed E-state index contributed by atoms with van der Waals surface area (Å²) in [6.07, 6.45) is 0. The summed E-state index contributed by atoms with van der Waals surface area (Å²) in [5.41, 5.74) is 5.26. The zero-order valence-corrected chi connectivity index (χ0v) is 10.8. The van der Waals surface area contributed by atoms with Gasteiger partial charge in [-0.25, -0.2) is 0 Å². The Hall–Kier alpha value is -1.76. The maximum Gasteiger partial charge on any atom is 0.0426 e. The monoisotopic (exact) mass is 225 g/mol. The number of hydrogen-bond acceptors (Lipinski definition) is 1. The molecule has 0 atom stereocenters. The molecular weight excluding hydrogens is 206 g/mol. The average molecular weight is 225 g/mol. The molecule has 2 aromatic carbocycles. The van der Waals surface area contributed by atoms with Crippen LogP contribution in [0.15, 0.2) is 48.5 Å². The summed E-state index contributed by atoms with van der Waals surface area (Å²) in [4.78, 5) is 2.29. The highest BCUT2D eigenvalue weighted by molar-refractivity contribution is 5.50. The Kier molecular flexibility index (Phi) is 3.48. The second-order valence-electron chi connectivity index (χ2n) is 4.69. The molecule has 0 saturated carbocycles. The van der Waals surface area contributed by atoms with Crippen LogP contribution in [0.25, 0.3) is 0 Å². The first-order valence-corrected chi connectivity index (χ1v) is 5.98. The molecule has 0 spiro atoms. The fourth-order valence-electron chi connectivity index (χ4n) is 2.12. The molecule has 0 aromatic heterocycles. The van der Waals surface area contributed by atoms with Crippen molar-refractivity contribution in [3.63, 3.8) is 0 Å². The van der Waals surface area contributed by atoms with Crippen molar-refractivity contribution in [1.29, 1.82) is 0 Å². The fraction of sp³-hybridized carbons (Fsp3) is 0.250. The van der Waals surface area contributed by atoms with Crippen molar-refractivity contribution >= 4 is 5.69 Å². The van der Waals surface area contributed by atoms with Gasteiger partial charge in [0.25, 0.3) is 0 Å². The van der Waals surface area contributed by atoms with Crippen LogP contribution in [-0.4, -0.2) is 7.05 Å². The summed E-state index contributed by atoms with van der Waals surface area (Å²) in [6, 6.07) is 17.2. The predicted octanol–water partition coefficient (Wildman–Crippen LogP) is 3.94. The van der Waals surface area contributed by atoms with Gasteiger partial charge < -0.3 is 4.90 Å². The first-order valence-electron chi connectivity index (χ1n) is 5.98. The Morgan fingerprint density at radius 2 is 1.47 bits per heavy atom. The molecule has 0 bridgehead atoms. The van der Waals surface area contributed by atoms with Crippen LogP contribution in [0.5, 0.6) is 0 Å². The Bertz CT molecular complexity index is 468. The highest BCUT2D eigenvalue weighted by atomic mass is 15.1. The number of anilines is 1. The molecule has 0 fully saturated rings. The maximum absolute atomic E-state index is 2.29. The summed E-state index contributed by atoms with van der Waals surface area (Å²) in [5, 5.41) is 0. The van der Waals surface area contributed by atoms with Crippen molar-refractivity contribution in [2.45, 2.75) is 20.4 Å². The van der Waals surface area contributed by atoms with E-state index in [1.807, 2.05) is 0 Å². The van der Waals surface area contributed by atoms with Gasteiger partial charge >= 0.3 is 0 Å². The summed E-state index contributed by atoms with van der Waals surface area (Å²) in [6.45, 7) is 5.24. The number of nitrogens with zero attached hydrogens (tertiary/aromatic N) is 1. The number of benzene rings is 2. The molecule has 0 unspecified atom stereocenters. The van der Waals surface area contributed by atoms with Crippen molar-refractivity contribution in [1.82, 2.24) is 0 Å². The Labute approximate surface area is 104 Å². The van der Waals surface area contributed by atoms with Gasteiger partial charge in [-0.3, -0.25) is 0 Å². The van der Waals surface area contributed by atoms with Crippen molar-refractivity contribution in [3.8, 4) is 0 Å². The van der Waals surface area contributed by atoms with Crippen molar-refractivity contribution in [3.05, 3.63) is 65.2 Å². The lowest BCUT2D eigenvalue weighted by molar-refractivity contribution is 0.921. The molecule has 0 aliphatic carbocycles. The fourth-order valence-corrected chi connectivity index (χ4v) is 2.12. The van der Waals surface area contributed by atoms with E-state index in [4.69, 9.17) is 0 Å². The average Bonchev–Trinajstić information content (AvgIpc) is 2.29. The maximum atomic E-state index is 2.29. The topological polar surface area (TPSA) is 3.24 Å². The van der Waals surface area contributed by atoms with Crippen LogP contribution < -0.4 is 4.90 Å². The van der Waals surface area contributed by atoms with E-state index >= 15 is 0 Å². The van der Waals surface area contributed by atoms with Crippen LogP contribution in [0.2, 0.25) is 0 Å². The van der Waals surface area contributed by atoms with Gasteiger partial charge in [-0.2, -0.15) is 0 Å². The largest absolute Gasteiger partial charge is 0.370 e. The van der Waals surface area contributed by atoms with Gasteiger partial charge in [0.15, 0.2) is 0 Å². The van der Waals surface area contributed by atoms with Gasteiger partial charge in [-0.1, -0.05) is 36.4 Å². The molecule has 0 heterocycles. The smallest absolute Gasteiger partial charge is 0.0426 e. The molecule has 0 N–H and O–H groups in total. The zero-order chi connectivity index (χ0) is 12.3. The molecule has 1 nitrogen and oxygen atoms in total. The van der Waals surface area contributed by atoms with Gasteiger partial charge in [0, 0.05) is 19.3 Å². The van der Waals surface area contributed by atoms with E-state index < -0.39 is 0 Å². The van der Waals surface area contributed by atoms with Crippen molar-refractivity contribution in [2.24, 2.45) is 0 Å². The normalized spacial score (nSPS) is 10.3. The van der Waals surface area contributed by atoms with E-state index in [0.29, 0.717) is 0 Å². The van der Waals surface area contributed by atoms with E-state index in [1.165, 1.54) is 22.4 Å². The van der Waals surface area contributed by atoms with Crippen molar-refractivity contribution < 1.29 is 0 Å². The minimum Gasteiger partial charge on any atom is -0.370 e. The van der Waals surface area contributed by atoms with Crippen LogP contribution in [0.3, 0.4) is 0 Å². The first kappa shape index (κ1) is 11.7. The van der Waals surface area contributed by atoms with Crippen LogP contribution in [-0.2, 0) is 6.54 Å². The lowest BCUT2D eigenvalue weighted by Crippen LogP contribution is -2.16. The third kappa shape index (κ3) is 3.10. The van der Waals surface area contributed by atoms with E-state index in [1.54, 1.807) is 0 Å². The quantitative estimate of drug-likeness (QED) is 0.764. The van der Waals surface area contributed by atoms with Crippen LogP contribution in [0.1, 0.15) is 16.7 Å². The molecule has 17 heavy (non-hydrogen) atoms. The van der Waals surface area contributed by atoms with E-state index in [-0.39, 0.29) is 0 Å². The lowest BCUT2D eigenvalue weighted by Gasteiger charge is -2.20. The molecule has 0 aliphatic rings. The van der Waals surface area contributed by atoms with Gasteiger partial charge in [-0.05, 0) is 42.7 Å². The second-order valence-corrected chi connectivity index (χ2v) is 4.69. The molecule has 2 aromatic rings. The Morgan fingerprint density at radius 3 is 2.06 bits per heavy atom. The first-order chi connectivity index (χ1) is 8.15. The summed E-state index contributed by atoms with van der Waals surface area (Å²) >= 11 is 0. The van der Waals surface area contributed by atoms with Crippen LogP contribution in [0.4, 0.5) is 5.69 Å². The number of rotatable bonds is 3. The minimum atomic E-state index is 0.948. The van der Waals surface area contributed by atoms with Gasteiger partial charge in [-0.15, -0.1) is 0 Å². The zero-order valence-electron chi connectivity index (χ0n) is 10.8. The molecule has 2 rings (SSSR count). The molecule has 1 heteroatoms. The van der Waals surface area contributed by atoms with Gasteiger partial charge in [0.05, 0.1) is 0 Å². The lowest BCUT2D eigenvalue weighted by atomic mass is 10.1. The minimum absolute atomic E-state index is 0.948. The molecule has 0 amide bonds. The van der Waals surface area contributed by atoms with Crippen LogP contribution in [0, 0.1) is 13.8 Å². The van der Waals surface area contributed by atoms with Crippen LogP contribution >= 0.6 is 0 Å². The highest BCUT2D eigenvalue weighted by Gasteiger charge is 2.03. The summed E-state index contributed by atoms with van der Waals surface area (Å²) < 4.78 is 0. The Balaban J connectivity index is 2.17. The molecule has 88 valence electrons. The molecule has 0 radical (unpaired) electrons. The molecule has 0 saturated heterocycles. The third-order valence-electron chi connectivity index (χ3n) is 2.91. The van der Waals surface area contributed by atoms with E-state index in [9.17, 15) is 0 Å². The van der Waals surface area contributed by atoms with Crippen molar-refractivity contribution in [2.75, 3.05) is 11.9 Å². The third-order valence-corrected chi connectivity index (χ3v) is 2.91. The molecule has 0 aliphatic heterocycles. The number of aryl methyl sites for hydroxylation is 2. The molecular formula is C16H19N. The summed E-state index contributed by atoms with van der Waals surface area (Å²) in [7, 11) is 2.14. The number of hydrogen-bond donors (Lipinski definition) is 0.